The van der Waals surface area contributed by atoms with Gasteiger partial charge in [0, 0.05) is 11.6 Å². The fourth-order valence-corrected chi connectivity index (χ4v) is 3.14. The summed E-state index contributed by atoms with van der Waals surface area (Å²) >= 11 is 1.47. The first kappa shape index (κ1) is 14.7. The zero-order chi connectivity index (χ0) is 15.7. The molecule has 1 aromatic carbocycles. The molecule has 116 valence electrons. The fourth-order valence-electron chi connectivity index (χ4n) is 2.24. The Hall–Kier alpha value is -2.22. The highest BCUT2D eigenvalue weighted by molar-refractivity contribution is 8.00. The molecule has 0 spiro atoms. The van der Waals surface area contributed by atoms with Gasteiger partial charge in [-0.05, 0) is 13.0 Å². The third-order valence-corrected chi connectivity index (χ3v) is 4.27. The molecule has 1 N–H and O–H groups in total. The summed E-state index contributed by atoms with van der Waals surface area (Å²) in [5, 5.41) is 2.67. The molecule has 0 aliphatic carbocycles. The lowest BCUT2D eigenvalue weighted by Gasteiger charge is -2.15. The lowest BCUT2D eigenvalue weighted by molar-refractivity contribution is -0.130. The molecule has 2 aliphatic rings. The quantitative estimate of drug-likeness (QED) is 0.835. The van der Waals surface area contributed by atoms with Gasteiger partial charge in [0.15, 0.2) is 17.3 Å². The number of hydrogen-bond acceptors (Lipinski definition) is 6. The van der Waals surface area contributed by atoms with Gasteiger partial charge in [0.1, 0.15) is 6.54 Å². The van der Waals surface area contributed by atoms with Gasteiger partial charge in [-0.15, -0.1) is 11.8 Å². The molecule has 0 atom stereocenters. The van der Waals surface area contributed by atoms with Crippen molar-refractivity contribution >= 4 is 35.0 Å². The normalized spacial score (nSPS) is 16.0. The van der Waals surface area contributed by atoms with E-state index in [-0.39, 0.29) is 30.9 Å². The highest BCUT2D eigenvalue weighted by Crippen LogP contribution is 2.37. The molecule has 0 radical (unpaired) electrons. The molecule has 0 unspecified atom stereocenters. The highest BCUT2D eigenvalue weighted by atomic mass is 32.2. The molecule has 22 heavy (non-hydrogen) atoms. The van der Waals surface area contributed by atoms with Crippen molar-refractivity contribution in [1.82, 2.24) is 4.90 Å². The number of anilines is 1. The minimum Gasteiger partial charge on any atom is -0.454 e. The van der Waals surface area contributed by atoms with E-state index in [4.69, 9.17) is 9.47 Å². The minimum atomic E-state index is -0.350. The number of ketones is 1. The standard InChI is InChI=1S/C14H14N2O5S/c1-8(17)9-2-11-12(21-7-20-11)3-10(9)15-13(18)4-16-6-22-5-14(16)19/h2-3H,4-7H2,1H3,(H,15,18). The van der Waals surface area contributed by atoms with E-state index < -0.39 is 0 Å². The summed E-state index contributed by atoms with van der Waals surface area (Å²) < 4.78 is 10.5. The van der Waals surface area contributed by atoms with Crippen molar-refractivity contribution in [3.8, 4) is 11.5 Å². The van der Waals surface area contributed by atoms with Crippen LogP contribution in [0.15, 0.2) is 12.1 Å². The summed E-state index contributed by atoms with van der Waals surface area (Å²) in [6.45, 7) is 1.47. The van der Waals surface area contributed by atoms with Crippen molar-refractivity contribution in [2.75, 3.05) is 30.3 Å². The van der Waals surface area contributed by atoms with Gasteiger partial charge in [-0.2, -0.15) is 0 Å². The first-order chi connectivity index (χ1) is 10.5. The number of fused-ring (bicyclic) bond motifs is 1. The van der Waals surface area contributed by atoms with Crippen molar-refractivity contribution in [3.63, 3.8) is 0 Å². The van der Waals surface area contributed by atoms with Gasteiger partial charge in [-0.1, -0.05) is 0 Å². The number of nitrogens with zero attached hydrogens (tertiary/aromatic N) is 1. The van der Waals surface area contributed by atoms with Crippen molar-refractivity contribution in [2.45, 2.75) is 6.92 Å². The Bertz CT molecular complexity index is 661. The topological polar surface area (TPSA) is 84.9 Å². The van der Waals surface area contributed by atoms with Gasteiger partial charge in [-0.25, -0.2) is 0 Å². The van der Waals surface area contributed by atoms with Crippen molar-refractivity contribution in [1.29, 1.82) is 0 Å². The van der Waals surface area contributed by atoms with Crippen LogP contribution in [0, 0.1) is 0 Å². The summed E-state index contributed by atoms with van der Waals surface area (Å²) in [7, 11) is 0. The van der Waals surface area contributed by atoms with Crippen LogP contribution in [0.4, 0.5) is 5.69 Å². The number of amides is 2. The van der Waals surface area contributed by atoms with Gasteiger partial charge >= 0.3 is 0 Å². The number of thioether (sulfide) groups is 1. The number of Topliss-reactive ketones (excluding diaryl/α,β-unsaturated/α-hetero) is 1. The van der Waals surface area contributed by atoms with Crippen molar-refractivity contribution < 1.29 is 23.9 Å². The first-order valence-corrected chi connectivity index (χ1v) is 7.80. The Balaban J connectivity index is 1.77. The molecule has 2 aliphatic heterocycles. The van der Waals surface area contributed by atoms with Gasteiger partial charge in [-0.3, -0.25) is 14.4 Å². The smallest absolute Gasteiger partial charge is 0.244 e. The Morgan fingerprint density at radius 3 is 2.68 bits per heavy atom. The molecular formula is C14H14N2O5S. The van der Waals surface area contributed by atoms with Crippen LogP contribution in [0.1, 0.15) is 17.3 Å². The molecule has 0 saturated carbocycles. The molecule has 2 amide bonds. The van der Waals surface area contributed by atoms with E-state index >= 15 is 0 Å². The summed E-state index contributed by atoms with van der Waals surface area (Å²) in [5.74, 6) is 1.27. The van der Waals surface area contributed by atoms with E-state index in [1.54, 1.807) is 12.1 Å². The van der Waals surface area contributed by atoms with Gasteiger partial charge in [0.2, 0.25) is 18.6 Å². The van der Waals surface area contributed by atoms with E-state index in [0.717, 1.165) is 0 Å². The average Bonchev–Trinajstić information content (AvgIpc) is 3.07. The van der Waals surface area contributed by atoms with Crippen molar-refractivity contribution in [2.24, 2.45) is 0 Å². The number of hydrogen-bond donors (Lipinski definition) is 1. The number of rotatable bonds is 4. The Morgan fingerprint density at radius 2 is 2.05 bits per heavy atom. The van der Waals surface area contributed by atoms with E-state index in [9.17, 15) is 14.4 Å². The third kappa shape index (κ3) is 2.87. The molecular weight excluding hydrogens is 308 g/mol. The molecule has 0 bridgehead atoms. The second-order valence-corrected chi connectivity index (χ2v) is 5.88. The predicted molar refractivity (Wildman–Crippen MR) is 80.2 cm³/mol. The molecule has 0 aromatic heterocycles. The second-order valence-electron chi connectivity index (χ2n) is 4.92. The van der Waals surface area contributed by atoms with Crippen LogP contribution in [0.2, 0.25) is 0 Å². The van der Waals surface area contributed by atoms with Gasteiger partial charge < -0.3 is 19.7 Å². The second kappa shape index (κ2) is 5.88. The van der Waals surface area contributed by atoms with Crippen LogP contribution in [0.5, 0.6) is 11.5 Å². The number of carbonyl (C=O) groups is 3. The largest absolute Gasteiger partial charge is 0.454 e. The Kier molecular flexibility index (Phi) is 3.93. The van der Waals surface area contributed by atoms with Crippen LogP contribution in [0.3, 0.4) is 0 Å². The van der Waals surface area contributed by atoms with Crippen LogP contribution >= 0.6 is 11.8 Å². The molecule has 7 nitrogen and oxygen atoms in total. The first-order valence-electron chi connectivity index (χ1n) is 6.64. The SMILES string of the molecule is CC(=O)c1cc2c(cc1NC(=O)CN1CSCC1=O)OCO2. The average molecular weight is 322 g/mol. The maximum Gasteiger partial charge on any atom is 0.244 e. The summed E-state index contributed by atoms with van der Waals surface area (Å²) in [5.41, 5.74) is 0.709. The summed E-state index contributed by atoms with van der Waals surface area (Å²) in [4.78, 5) is 36.8. The number of benzene rings is 1. The molecule has 2 heterocycles. The van der Waals surface area contributed by atoms with Crippen LogP contribution in [-0.2, 0) is 9.59 Å². The maximum atomic E-state index is 12.1. The van der Waals surface area contributed by atoms with E-state index in [1.807, 2.05) is 0 Å². The van der Waals surface area contributed by atoms with Crippen LogP contribution in [-0.4, -0.2) is 47.5 Å². The Morgan fingerprint density at radius 1 is 1.32 bits per heavy atom. The van der Waals surface area contributed by atoms with Crippen molar-refractivity contribution in [3.05, 3.63) is 17.7 Å². The number of nitrogens with one attached hydrogen (secondary N) is 1. The maximum absolute atomic E-state index is 12.1. The number of ether oxygens (including phenoxy) is 2. The highest BCUT2D eigenvalue weighted by Gasteiger charge is 2.24. The summed E-state index contributed by atoms with van der Waals surface area (Å²) in [6, 6.07) is 3.12. The molecule has 8 heteroatoms. The summed E-state index contributed by atoms with van der Waals surface area (Å²) in [6.07, 6.45) is 0. The monoisotopic (exact) mass is 322 g/mol. The zero-order valence-electron chi connectivity index (χ0n) is 11.9. The van der Waals surface area contributed by atoms with Crippen LogP contribution in [0.25, 0.3) is 0 Å². The molecule has 1 fully saturated rings. The third-order valence-electron chi connectivity index (χ3n) is 3.33. The number of carbonyl (C=O) groups excluding carboxylic acids is 3. The fraction of sp³-hybridized carbons (Fsp3) is 0.357. The van der Waals surface area contributed by atoms with Gasteiger partial charge in [0.25, 0.3) is 0 Å². The molecule has 1 saturated heterocycles. The Labute approximate surface area is 130 Å². The zero-order valence-corrected chi connectivity index (χ0v) is 12.7. The van der Waals surface area contributed by atoms with E-state index in [2.05, 4.69) is 5.32 Å². The molecule has 1 aromatic rings. The molecule has 3 rings (SSSR count). The lowest BCUT2D eigenvalue weighted by Crippen LogP contribution is -2.34. The van der Waals surface area contributed by atoms with E-state index in [0.29, 0.717) is 34.4 Å². The lowest BCUT2D eigenvalue weighted by atomic mass is 10.1. The predicted octanol–water partition coefficient (Wildman–Crippen LogP) is 1.09. The van der Waals surface area contributed by atoms with Gasteiger partial charge in [0.05, 0.1) is 17.3 Å². The minimum absolute atomic E-state index is 0.0301. The van der Waals surface area contributed by atoms with E-state index in [1.165, 1.54) is 23.6 Å². The van der Waals surface area contributed by atoms with Crippen LogP contribution < -0.4 is 14.8 Å².